The Hall–Kier alpha value is -2.67. The highest BCUT2D eigenvalue weighted by Gasteiger charge is 2.23. The maximum atomic E-state index is 12.4. The average molecular weight is 418 g/mol. The SMILES string of the molecule is CCS(=O)(=O)c1ccccc1C(=O)OCC(=O)N[C@H](CC(C)C)c1ccccc1. The van der Waals surface area contributed by atoms with E-state index in [0.29, 0.717) is 5.92 Å². The standard InChI is InChI=1S/C22H27NO5S/c1-4-29(26,27)20-13-9-8-12-18(20)22(25)28-15-21(24)23-19(14-16(2)3)17-10-6-5-7-11-17/h5-13,16,19H,4,14-15H2,1-3H3,(H,23,24)/t19-/m1/s1. The maximum Gasteiger partial charge on any atom is 0.339 e. The first-order valence-electron chi connectivity index (χ1n) is 9.57. The molecular weight excluding hydrogens is 390 g/mol. The number of amides is 1. The lowest BCUT2D eigenvalue weighted by Crippen LogP contribution is -2.33. The van der Waals surface area contributed by atoms with Crippen molar-refractivity contribution >= 4 is 21.7 Å². The summed E-state index contributed by atoms with van der Waals surface area (Å²) < 4.78 is 29.5. The maximum absolute atomic E-state index is 12.4. The molecule has 0 unspecified atom stereocenters. The Balaban J connectivity index is 2.06. The van der Waals surface area contributed by atoms with Crippen LogP contribution in [0.4, 0.5) is 0 Å². The number of nitrogens with one attached hydrogen (secondary N) is 1. The van der Waals surface area contributed by atoms with Gasteiger partial charge in [-0.3, -0.25) is 4.79 Å². The number of esters is 1. The van der Waals surface area contributed by atoms with Crippen LogP contribution in [0.15, 0.2) is 59.5 Å². The molecule has 0 aliphatic rings. The molecule has 0 saturated carbocycles. The van der Waals surface area contributed by atoms with Gasteiger partial charge in [-0.1, -0.05) is 63.2 Å². The van der Waals surface area contributed by atoms with Gasteiger partial charge in [0.25, 0.3) is 5.91 Å². The molecule has 0 aliphatic carbocycles. The predicted octanol–water partition coefficient (Wildman–Crippen LogP) is 3.54. The normalized spacial score (nSPS) is 12.4. The average Bonchev–Trinajstić information content (AvgIpc) is 2.72. The number of hydrogen-bond donors (Lipinski definition) is 1. The van der Waals surface area contributed by atoms with E-state index in [4.69, 9.17) is 4.74 Å². The van der Waals surface area contributed by atoms with Gasteiger partial charge in [0.05, 0.1) is 22.3 Å². The summed E-state index contributed by atoms with van der Waals surface area (Å²) in [4.78, 5) is 24.7. The predicted molar refractivity (Wildman–Crippen MR) is 111 cm³/mol. The van der Waals surface area contributed by atoms with Crippen molar-refractivity contribution in [2.75, 3.05) is 12.4 Å². The van der Waals surface area contributed by atoms with Crippen LogP contribution in [0.25, 0.3) is 0 Å². The molecule has 29 heavy (non-hydrogen) atoms. The first-order valence-corrected chi connectivity index (χ1v) is 11.2. The molecule has 0 bridgehead atoms. The number of hydrogen-bond acceptors (Lipinski definition) is 5. The first kappa shape index (κ1) is 22.6. The quantitative estimate of drug-likeness (QED) is 0.631. The van der Waals surface area contributed by atoms with Gasteiger partial charge in [0.2, 0.25) is 0 Å². The van der Waals surface area contributed by atoms with Gasteiger partial charge in [-0.25, -0.2) is 13.2 Å². The Labute approximate surface area is 172 Å². The van der Waals surface area contributed by atoms with Gasteiger partial charge in [0, 0.05) is 0 Å². The van der Waals surface area contributed by atoms with E-state index in [2.05, 4.69) is 19.2 Å². The number of ether oxygens (including phenoxy) is 1. The van der Waals surface area contributed by atoms with Crippen LogP contribution in [0.3, 0.4) is 0 Å². The van der Waals surface area contributed by atoms with E-state index in [1.165, 1.54) is 19.1 Å². The molecule has 0 saturated heterocycles. The topological polar surface area (TPSA) is 89.5 Å². The zero-order valence-electron chi connectivity index (χ0n) is 16.9. The molecule has 0 spiro atoms. The molecule has 0 fully saturated rings. The van der Waals surface area contributed by atoms with E-state index >= 15 is 0 Å². The molecule has 2 rings (SSSR count). The fourth-order valence-corrected chi connectivity index (χ4v) is 4.03. The smallest absolute Gasteiger partial charge is 0.339 e. The van der Waals surface area contributed by atoms with Crippen LogP contribution in [-0.2, 0) is 19.4 Å². The Morgan fingerprint density at radius 3 is 2.24 bits per heavy atom. The molecule has 6 nitrogen and oxygen atoms in total. The van der Waals surface area contributed by atoms with Crippen molar-refractivity contribution in [3.05, 3.63) is 65.7 Å². The van der Waals surface area contributed by atoms with E-state index in [-0.39, 0.29) is 22.3 Å². The summed E-state index contributed by atoms with van der Waals surface area (Å²) in [6, 6.07) is 15.2. The minimum Gasteiger partial charge on any atom is -0.452 e. The van der Waals surface area contributed by atoms with Crippen molar-refractivity contribution in [1.29, 1.82) is 0 Å². The van der Waals surface area contributed by atoms with E-state index < -0.39 is 28.3 Å². The van der Waals surface area contributed by atoms with Gasteiger partial charge in [0.1, 0.15) is 0 Å². The fraction of sp³-hybridized carbons (Fsp3) is 0.364. The third-order valence-electron chi connectivity index (χ3n) is 4.40. The molecule has 1 N–H and O–H groups in total. The number of benzene rings is 2. The molecule has 0 aliphatic heterocycles. The van der Waals surface area contributed by atoms with Crippen molar-refractivity contribution in [3.63, 3.8) is 0 Å². The van der Waals surface area contributed by atoms with Crippen molar-refractivity contribution in [1.82, 2.24) is 5.32 Å². The van der Waals surface area contributed by atoms with Gasteiger partial charge >= 0.3 is 5.97 Å². The summed E-state index contributed by atoms with van der Waals surface area (Å²) in [5, 5.41) is 2.89. The highest BCUT2D eigenvalue weighted by molar-refractivity contribution is 7.91. The largest absolute Gasteiger partial charge is 0.452 e. The van der Waals surface area contributed by atoms with E-state index in [0.717, 1.165) is 12.0 Å². The molecular formula is C22H27NO5S. The Morgan fingerprint density at radius 2 is 1.62 bits per heavy atom. The summed E-state index contributed by atoms with van der Waals surface area (Å²) in [6.07, 6.45) is 0.737. The molecule has 156 valence electrons. The van der Waals surface area contributed by atoms with Crippen molar-refractivity contribution in [3.8, 4) is 0 Å². The second kappa shape index (κ2) is 10.2. The van der Waals surface area contributed by atoms with Gasteiger partial charge in [0.15, 0.2) is 16.4 Å². The summed E-state index contributed by atoms with van der Waals surface area (Å²) in [7, 11) is -3.58. The number of carbonyl (C=O) groups is 2. The second-order valence-corrected chi connectivity index (χ2v) is 9.38. The Kier molecular flexibility index (Phi) is 7.96. The van der Waals surface area contributed by atoms with Crippen LogP contribution in [-0.4, -0.2) is 32.7 Å². The zero-order chi connectivity index (χ0) is 21.4. The molecule has 1 atom stereocenters. The summed E-state index contributed by atoms with van der Waals surface area (Å²) in [5.41, 5.74) is 0.907. The molecule has 1 amide bonds. The van der Waals surface area contributed by atoms with Gasteiger partial charge in [-0.2, -0.15) is 0 Å². The van der Waals surface area contributed by atoms with Crippen LogP contribution in [0.5, 0.6) is 0 Å². The Morgan fingerprint density at radius 1 is 1.00 bits per heavy atom. The number of carbonyl (C=O) groups excluding carboxylic acids is 2. The molecule has 0 heterocycles. The zero-order valence-corrected chi connectivity index (χ0v) is 17.7. The fourth-order valence-electron chi connectivity index (χ4n) is 2.94. The highest BCUT2D eigenvalue weighted by atomic mass is 32.2. The summed E-state index contributed by atoms with van der Waals surface area (Å²) in [6.45, 7) is 5.14. The molecule has 2 aromatic rings. The first-order chi connectivity index (χ1) is 13.7. The Bertz CT molecular complexity index is 939. The van der Waals surface area contributed by atoms with Crippen LogP contribution in [0.1, 0.15) is 49.2 Å². The van der Waals surface area contributed by atoms with Crippen LogP contribution in [0.2, 0.25) is 0 Å². The minimum atomic E-state index is -3.58. The van der Waals surface area contributed by atoms with Crippen LogP contribution in [0, 0.1) is 5.92 Å². The van der Waals surface area contributed by atoms with E-state index in [9.17, 15) is 18.0 Å². The highest BCUT2D eigenvalue weighted by Crippen LogP contribution is 2.21. The van der Waals surface area contributed by atoms with Gasteiger partial charge < -0.3 is 10.1 Å². The van der Waals surface area contributed by atoms with Crippen LogP contribution >= 0.6 is 0 Å². The lowest BCUT2D eigenvalue weighted by atomic mass is 9.97. The summed E-state index contributed by atoms with van der Waals surface area (Å²) >= 11 is 0. The lowest BCUT2D eigenvalue weighted by molar-refractivity contribution is -0.125. The van der Waals surface area contributed by atoms with E-state index in [1.54, 1.807) is 12.1 Å². The molecule has 0 radical (unpaired) electrons. The number of rotatable bonds is 9. The summed E-state index contributed by atoms with van der Waals surface area (Å²) in [5.74, 6) is -1.06. The lowest BCUT2D eigenvalue weighted by Gasteiger charge is -2.21. The third kappa shape index (κ3) is 6.42. The second-order valence-electron chi connectivity index (χ2n) is 7.14. The molecule has 0 aromatic heterocycles. The van der Waals surface area contributed by atoms with Crippen LogP contribution < -0.4 is 5.32 Å². The molecule has 7 heteroatoms. The monoisotopic (exact) mass is 417 g/mol. The van der Waals surface area contributed by atoms with Crippen molar-refractivity contribution in [2.45, 2.75) is 38.1 Å². The third-order valence-corrected chi connectivity index (χ3v) is 6.19. The minimum absolute atomic E-state index is 0.0658. The van der Waals surface area contributed by atoms with Crippen molar-refractivity contribution in [2.24, 2.45) is 5.92 Å². The van der Waals surface area contributed by atoms with Gasteiger partial charge in [-0.15, -0.1) is 0 Å². The van der Waals surface area contributed by atoms with Crippen molar-refractivity contribution < 1.29 is 22.7 Å². The van der Waals surface area contributed by atoms with Gasteiger partial charge in [-0.05, 0) is 30.0 Å². The number of sulfone groups is 1. The molecule has 2 aromatic carbocycles. The van der Waals surface area contributed by atoms with E-state index in [1.807, 2.05) is 30.3 Å².